The molecule has 1 aromatic carbocycles. The molecule has 0 aliphatic heterocycles. The predicted molar refractivity (Wildman–Crippen MR) is 62.6 cm³/mol. The summed E-state index contributed by atoms with van der Waals surface area (Å²) >= 11 is 0. The molecule has 0 saturated carbocycles. The van der Waals surface area contributed by atoms with Crippen molar-refractivity contribution >= 4 is 17.4 Å². The average Bonchev–Trinajstić information content (AvgIpc) is 2.35. The van der Waals surface area contributed by atoms with Crippen LogP contribution in [0.5, 0.6) is 5.75 Å². The monoisotopic (exact) mass is 237 g/mol. The van der Waals surface area contributed by atoms with Gasteiger partial charge in [-0.05, 0) is 25.1 Å². The summed E-state index contributed by atoms with van der Waals surface area (Å²) in [6, 6.07) is 4.48. The van der Waals surface area contributed by atoms with Crippen molar-refractivity contribution in [1.82, 2.24) is 0 Å². The highest BCUT2D eigenvalue weighted by Crippen LogP contribution is 2.25. The molecule has 1 N–H and O–H groups in total. The molecule has 5 heteroatoms. The summed E-state index contributed by atoms with van der Waals surface area (Å²) in [6.07, 6.45) is 0.179. The van der Waals surface area contributed by atoms with Gasteiger partial charge in [0.2, 0.25) is 5.91 Å². The Morgan fingerprint density at radius 3 is 2.53 bits per heavy atom. The van der Waals surface area contributed by atoms with Crippen molar-refractivity contribution in [3.8, 4) is 5.75 Å². The van der Waals surface area contributed by atoms with Gasteiger partial charge in [-0.1, -0.05) is 6.92 Å². The van der Waals surface area contributed by atoms with Gasteiger partial charge in [-0.25, -0.2) is 0 Å². The molecular weight excluding hydrogens is 222 g/mol. The zero-order valence-corrected chi connectivity index (χ0v) is 10.1. The lowest BCUT2D eigenvalue weighted by Gasteiger charge is -2.15. The number of ether oxygens (including phenoxy) is 1. The van der Waals surface area contributed by atoms with Gasteiger partial charge < -0.3 is 4.74 Å². The number of nitrogens with zero attached hydrogens (tertiary/aromatic N) is 1. The van der Waals surface area contributed by atoms with Crippen molar-refractivity contribution in [2.45, 2.75) is 20.3 Å². The lowest BCUT2D eigenvalue weighted by Crippen LogP contribution is -2.26. The minimum absolute atomic E-state index is 0.179. The van der Waals surface area contributed by atoms with Crippen LogP contribution >= 0.6 is 0 Å². The number of benzene rings is 1. The van der Waals surface area contributed by atoms with Gasteiger partial charge in [0.05, 0.1) is 18.4 Å². The van der Waals surface area contributed by atoms with E-state index in [0.29, 0.717) is 16.4 Å². The standard InChI is InChI=1S/C12H15NO4/c1-4-12(15)13(16)9-5-6-11(17-3)10(7-9)8(2)14/h5-7,16H,4H2,1-3H3. The molecule has 1 aromatic rings. The Hall–Kier alpha value is -1.88. The first-order valence-electron chi connectivity index (χ1n) is 5.22. The molecule has 0 unspecified atom stereocenters. The van der Waals surface area contributed by atoms with Crippen LogP contribution in [0.2, 0.25) is 0 Å². The fraction of sp³-hybridized carbons (Fsp3) is 0.333. The van der Waals surface area contributed by atoms with Gasteiger partial charge in [0, 0.05) is 6.42 Å². The summed E-state index contributed by atoms with van der Waals surface area (Å²) in [5.74, 6) is -0.218. The van der Waals surface area contributed by atoms with E-state index in [2.05, 4.69) is 0 Å². The number of hydroxylamine groups is 1. The number of methoxy groups -OCH3 is 1. The quantitative estimate of drug-likeness (QED) is 0.494. The Labute approximate surface area is 99.6 Å². The highest BCUT2D eigenvalue weighted by molar-refractivity contribution is 5.99. The van der Waals surface area contributed by atoms with Crippen molar-refractivity contribution in [2.24, 2.45) is 0 Å². The van der Waals surface area contributed by atoms with Gasteiger partial charge in [0.1, 0.15) is 5.75 Å². The SMILES string of the molecule is CCC(=O)N(O)c1ccc(OC)c(C(C)=O)c1. The van der Waals surface area contributed by atoms with E-state index in [1.807, 2.05) is 0 Å². The predicted octanol–water partition coefficient (Wildman–Crippen LogP) is 2.03. The van der Waals surface area contributed by atoms with Crippen LogP contribution in [0.4, 0.5) is 5.69 Å². The highest BCUT2D eigenvalue weighted by Gasteiger charge is 2.15. The molecule has 0 saturated heterocycles. The van der Waals surface area contributed by atoms with Gasteiger partial charge >= 0.3 is 0 Å². The Kier molecular flexibility index (Phi) is 4.23. The third kappa shape index (κ3) is 2.82. The number of anilines is 1. The fourth-order valence-electron chi connectivity index (χ4n) is 1.40. The molecule has 0 heterocycles. The molecule has 0 aliphatic carbocycles. The number of hydrogen-bond donors (Lipinski definition) is 1. The van der Waals surface area contributed by atoms with Crippen LogP contribution in [0.25, 0.3) is 0 Å². The maximum atomic E-state index is 11.4. The second-order valence-corrected chi connectivity index (χ2v) is 3.50. The van der Waals surface area contributed by atoms with E-state index in [9.17, 15) is 14.8 Å². The summed E-state index contributed by atoms with van der Waals surface area (Å²) in [7, 11) is 1.45. The summed E-state index contributed by atoms with van der Waals surface area (Å²) in [5, 5.41) is 10.1. The Morgan fingerprint density at radius 1 is 1.41 bits per heavy atom. The molecule has 5 nitrogen and oxygen atoms in total. The zero-order chi connectivity index (χ0) is 13.0. The molecule has 92 valence electrons. The normalized spacial score (nSPS) is 9.88. The molecule has 0 bridgehead atoms. The van der Waals surface area contributed by atoms with Crippen molar-refractivity contribution in [1.29, 1.82) is 0 Å². The lowest BCUT2D eigenvalue weighted by atomic mass is 10.1. The number of carbonyl (C=O) groups excluding carboxylic acids is 2. The summed E-state index contributed by atoms with van der Waals surface area (Å²) in [4.78, 5) is 22.7. The second kappa shape index (κ2) is 5.45. The lowest BCUT2D eigenvalue weighted by molar-refractivity contribution is -0.123. The van der Waals surface area contributed by atoms with Crippen LogP contribution in [-0.4, -0.2) is 24.0 Å². The van der Waals surface area contributed by atoms with Crippen LogP contribution in [0.1, 0.15) is 30.6 Å². The van der Waals surface area contributed by atoms with E-state index < -0.39 is 5.91 Å². The van der Waals surface area contributed by atoms with E-state index in [1.165, 1.54) is 32.2 Å². The Morgan fingerprint density at radius 2 is 2.06 bits per heavy atom. The molecule has 1 amide bonds. The number of Topliss-reactive ketones (excluding diaryl/α,β-unsaturated/α-hetero) is 1. The van der Waals surface area contributed by atoms with E-state index >= 15 is 0 Å². The molecule has 0 radical (unpaired) electrons. The third-order valence-corrected chi connectivity index (χ3v) is 2.35. The maximum absolute atomic E-state index is 11.4. The van der Waals surface area contributed by atoms with Crippen LogP contribution in [-0.2, 0) is 4.79 Å². The van der Waals surface area contributed by atoms with Gasteiger partial charge in [0.25, 0.3) is 0 Å². The number of amides is 1. The van der Waals surface area contributed by atoms with E-state index in [0.717, 1.165) is 0 Å². The van der Waals surface area contributed by atoms with Gasteiger partial charge in [-0.15, -0.1) is 0 Å². The summed E-state index contributed by atoms with van der Waals surface area (Å²) in [5.41, 5.74) is 0.579. The Balaban J connectivity index is 3.16. The molecule has 0 spiro atoms. The summed E-state index contributed by atoms with van der Waals surface area (Å²) in [6.45, 7) is 3.03. The average molecular weight is 237 g/mol. The van der Waals surface area contributed by atoms with Gasteiger partial charge in [-0.3, -0.25) is 14.8 Å². The Bertz CT molecular complexity index is 442. The number of ketones is 1. The van der Waals surface area contributed by atoms with Crippen LogP contribution in [0.15, 0.2) is 18.2 Å². The molecule has 1 rings (SSSR count). The number of carbonyl (C=O) groups is 2. The van der Waals surface area contributed by atoms with Crippen LogP contribution < -0.4 is 9.80 Å². The number of rotatable bonds is 4. The first kappa shape index (κ1) is 13.2. The van der Waals surface area contributed by atoms with Crippen molar-refractivity contribution in [2.75, 3.05) is 12.2 Å². The molecule has 17 heavy (non-hydrogen) atoms. The third-order valence-electron chi connectivity index (χ3n) is 2.35. The van der Waals surface area contributed by atoms with E-state index in [-0.39, 0.29) is 17.9 Å². The largest absolute Gasteiger partial charge is 0.496 e. The van der Waals surface area contributed by atoms with Crippen molar-refractivity contribution in [3.63, 3.8) is 0 Å². The summed E-state index contributed by atoms with van der Waals surface area (Å²) < 4.78 is 5.02. The minimum Gasteiger partial charge on any atom is -0.496 e. The van der Waals surface area contributed by atoms with Crippen molar-refractivity contribution in [3.05, 3.63) is 23.8 Å². The topological polar surface area (TPSA) is 66.8 Å². The smallest absolute Gasteiger partial charge is 0.250 e. The molecule has 0 aromatic heterocycles. The first-order valence-corrected chi connectivity index (χ1v) is 5.22. The van der Waals surface area contributed by atoms with Gasteiger partial charge in [0.15, 0.2) is 5.78 Å². The van der Waals surface area contributed by atoms with E-state index in [4.69, 9.17) is 4.74 Å². The molecule has 0 atom stereocenters. The zero-order valence-electron chi connectivity index (χ0n) is 10.1. The van der Waals surface area contributed by atoms with Crippen molar-refractivity contribution < 1.29 is 19.5 Å². The van der Waals surface area contributed by atoms with E-state index in [1.54, 1.807) is 6.92 Å². The molecule has 0 fully saturated rings. The first-order chi connectivity index (χ1) is 8.01. The minimum atomic E-state index is -0.440. The fourth-order valence-corrected chi connectivity index (χ4v) is 1.40. The van der Waals surface area contributed by atoms with Gasteiger partial charge in [-0.2, -0.15) is 5.06 Å². The molecule has 0 aliphatic rings. The maximum Gasteiger partial charge on any atom is 0.250 e. The van der Waals surface area contributed by atoms with Crippen LogP contribution in [0.3, 0.4) is 0 Å². The molecular formula is C12H15NO4. The van der Waals surface area contributed by atoms with Crippen LogP contribution in [0, 0.1) is 0 Å². The highest BCUT2D eigenvalue weighted by atomic mass is 16.5. The second-order valence-electron chi connectivity index (χ2n) is 3.50. The number of hydrogen-bond acceptors (Lipinski definition) is 4.